The van der Waals surface area contributed by atoms with Gasteiger partial charge in [-0.3, -0.25) is 0 Å². The van der Waals surface area contributed by atoms with E-state index in [-0.39, 0.29) is 6.04 Å². The van der Waals surface area contributed by atoms with Crippen molar-refractivity contribution in [3.63, 3.8) is 0 Å². The molecule has 0 amide bonds. The van der Waals surface area contributed by atoms with Crippen LogP contribution in [0.2, 0.25) is 0 Å². The van der Waals surface area contributed by atoms with E-state index in [0.717, 1.165) is 49.5 Å². The lowest BCUT2D eigenvalue weighted by atomic mass is 10.0. The van der Waals surface area contributed by atoms with E-state index in [2.05, 4.69) is 6.92 Å². The molecule has 94 valence electrons. The Morgan fingerprint density at radius 2 is 2.00 bits per heavy atom. The van der Waals surface area contributed by atoms with E-state index in [9.17, 15) is 0 Å². The van der Waals surface area contributed by atoms with Crippen LogP contribution in [0.3, 0.4) is 0 Å². The van der Waals surface area contributed by atoms with Gasteiger partial charge in [-0.15, -0.1) is 0 Å². The van der Waals surface area contributed by atoms with E-state index in [1.54, 1.807) is 0 Å². The summed E-state index contributed by atoms with van der Waals surface area (Å²) >= 11 is 0. The molecule has 0 saturated heterocycles. The average Bonchev–Trinajstić information content (AvgIpc) is 2.60. The molecule has 0 spiro atoms. The highest BCUT2D eigenvalue weighted by atomic mass is 16.5. The smallest absolute Gasteiger partial charge is 0.161 e. The van der Waals surface area contributed by atoms with E-state index in [0.29, 0.717) is 0 Å². The summed E-state index contributed by atoms with van der Waals surface area (Å²) in [6.45, 7) is 3.63. The molecule has 1 aliphatic rings. The SMILES string of the molecule is CCCCC(N)c1ccc2c(c1)OCCCO2. The fourth-order valence-electron chi connectivity index (χ4n) is 2.00. The first kappa shape index (κ1) is 12.2. The number of benzene rings is 1. The van der Waals surface area contributed by atoms with Crippen LogP contribution in [-0.4, -0.2) is 13.2 Å². The molecule has 2 N–H and O–H groups in total. The molecule has 2 rings (SSSR count). The Morgan fingerprint density at radius 1 is 1.24 bits per heavy atom. The van der Waals surface area contributed by atoms with Crippen molar-refractivity contribution in [2.45, 2.75) is 38.6 Å². The van der Waals surface area contributed by atoms with Gasteiger partial charge in [-0.1, -0.05) is 25.8 Å². The minimum Gasteiger partial charge on any atom is -0.490 e. The molecule has 1 aliphatic heterocycles. The summed E-state index contributed by atoms with van der Waals surface area (Å²) in [4.78, 5) is 0. The zero-order chi connectivity index (χ0) is 12.1. The highest BCUT2D eigenvalue weighted by Crippen LogP contribution is 2.32. The average molecular weight is 235 g/mol. The van der Waals surface area contributed by atoms with Crippen molar-refractivity contribution in [1.29, 1.82) is 0 Å². The predicted molar refractivity (Wildman–Crippen MR) is 68.5 cm³/mol. The molecule has 1 aromatic rings. The van der Waals surface area contributed by atoms with Crippen molar-refractivity contribution in [3.05, 3.63) is 23.8 Å². The van der Waals surface area contributed by atoms with Crippen LogP contribution in [0.5, 0.6) is 11.5 Å². The maximum atomic E-state index is 6.16. The summed E-state index contributed by atoms with van der Waals surface area (Å²) in [5, 5.41) is 0. The third kappa shape index (κ3) is 3.13. The molecule has 1 atom stereocenters. The van der Waals surface area contributed by atoms with Gasteiger partial charge in [-0.05, 0) is 24.1 Å². The number of hydrogen-bond donors (Lipinski definition) is 1. The van der Waals surface area contributed by atoms with E-state index < -0.39 is 0 Å². The van der Waals surface area contributed by atoms with Gasteiger partial charge in [-0.2, -0.15) is 0 Å². The maximum Gasteiger partial charge on any atom is 0.161 e. The lowest BCUT2D eigenvalue weighted by Gasteiger charge is -2.14. The van der Waals surface area contributed by atoms with E-state index in [4.69, 9.17) is 15.2 Å². The molecule has 0 saturated carbocycles. The zero-order valence-corrected chi connectivity index (χ0v) is 10.4. The summed E-state index contributed by atoms with van der Waals surface area (Å²) in [5.41, 5.74) is 7.30. The third-order valence-electron chi connectivity index (χ3n) is 3.07. The summed E-state index contributed by atoms with van der Waals surface area (Å²) in [5.74, 6) is 1.68. The summed E-state index contributed by atoms with van der Waals surface area (Å²) < 4.78 is 11.3. The van der Waals surface area contributed by atoms with Crippen LogP contribution in [0.25, 0.3) is 0 Å². The van der Waals surface area contributed by atoms with Crippen LogP contribution >= 0.6 is 0 Å². The molecule has 1 heterocycles. The molecule has 3 heteroatoms. The van der Waals surface area contributed by atoms with Gasteiger partial charge < -0.3 is 15.2 Å². The topological polar surface area (TPSA) is 44.5 Å². The second-order valence-electron chi connectivity index (χ2n) is 4.51. The van der Waals surface area contributed by atoms with Crippen molar-refractivity contribution in [1.82, 2.24) is 0 Å². The third-order valence-corrected chi connectivity index (χ3v) is 3.07. The van der Waals surface area contributed by atoms with Crippen molar-refractivity contribution < 1.29 is 9.47 Å². The first-order valence-electron chi connectivity index (χ1n) is 6.46. The van der Waals surface area contributed by atoms with Crippen LogP contribution in [0.1, 0.15) is 44.2 Å². The summed E-state index contributed by atoms with van der Waals surface area (Å²) in [6.07, 6.45) is 4.30. The Morgan fingerprint density at radius 3 is 2.76 bits per heavy atom. The minimum atomic E-state index is 0.104. The van der Waals surface area contributed by atoms with Gasteiger partial charge in [0.05, 0.1) is 13.2 Å². The fraction of sp³-hybridized carbons (Fsp3) is 0.571. The zero-order valence-electron chi connectivity index (χ0n) is 10.4. The molecule has 1 aromatic carbocycles. The van der Waals surface area contributed by atoms with Gasteiger partial charge in [-0.25, -0.2) is 0 Å². The number of hydrogen-bond acceptors (Lipinski definition) is 3. The molecule has 3 nitrogen and oxygen atoms in total. The normalized spacial score (nSPS) is 16.4. The van der Waals surface area contributed by atoms with Gasteiger partial charge in [0, 0.05) is 12.5 Å². The Labute approximate surface area is 103 Å². The monoisotopic (exact) mass is 235 g/mol. The first-order chi connectivity index (χ1) is 8.31. The Hall–Kier alpha value is -1.22. The van der Waals surface area contributed by atoms with Crippen molar-refractivity contribution >= 4 is 0 Å². The summed E-state index contributed by atoms with van der Waals surface area (Å²) in [7, 11) is 0. The van der Waals surface area contributed by atoms with Gasteiger partial charge in [0.15, 0.2) is 11.5 Å². The van der Waals surface area contributed by atoms with E-state index >= 15 is 0 Å². The van der Waals surface area contributed by atoms with Crippen LogP contribution in [-0.2, 0) is 0 Å². The van der Waals surface area contributed by atoms with Gasteiger partial charge in [0.25, 0.3) is 0 Å². The minimum absolute atomic E-state index is 0.104. The van der Waals surface area contributed by atoms with Crippen molar-refractivity contribution in [2.24, 2.45) is 5.73 Å². The lowest BCUT2D eigenvalue weighted by molar-refractivity contribution is 0.297. The molecule has 1 unspecified atom stereocenters. The van der Waals surface area contributed by atoms with Crippen molar-refractivity contribution in [2.75, 3.05) is 13.2 Å². The quantitative estimate of drug-likeness (QED) is 0.872. The van der Waals surface area contributed by atoms with Gasteiger partial charge >= 0.3 is 0 Å². The maximum absolute atomic E-state index is 6.16. The highest BCUT2D eigenvalue weighted by Gasteiger charge is 2.13. The van der Waals surface area contributed by atoms with Crippen LogP contribution in [0, 0.1) is 0 Å². The van der Waals surface area contributed by atoms with Crippen LogP contribution in [0.4, 0.5) is 0 Å². The number of nitrogens with two attached hydrogens (primary N) is 1. The van der Waals surface area contributed by atoms with E-state index in [1.807, 2.05) is 18.2 Å². The predicted octanol–water partition coefficient (Wildman–Crippen LogP) is 3.04. The Kier molecular flexibility index (Phi) is 4.26. The van der Waals surface area contributed by atoms with Gasteiger partial charge in [0.2, 0.25) is 0 Å². The molecule has 0 radical (unpaired) electrons. The molecule has 17 heavy (non-hydrogen) atoms. The molecular formula is C14H21NO2. The molecule has 0 aliphatic carbocycles. The number of fused-ring (bicyclic) bond motifs is 1. The van der Waals surface area contributed by atoms with E-state index in [1.165, 1.54) is 6.42 Å². The molecular weight excluding hydrogens is 214 g/mol. The fourth-order valence-corrected chi connectivity index (χ4v) is 2.00. The molecule has 0 bridgehead atoms. The second kappa shape index (κ2) is 5.92. The number of unbranched alkanes of at least 4 members (excludes halogenated alkanes) is 1. The Balaban J connectivity index is 2.11. The largest absolute Gasteiger partial charge is 0.490 e. The lowest BCUT2D eigenvalue weighted by Crippen LogP contribution is -2.10. The number of rotatable bonds is 4. The first-order valence-corrected chi connectivity index (χ1v) is 6.46. The molecule has 0 fully saturated rings. The van der Waals surface area contributed by atoms with Crippen LogP contribution < -0.4 is 15.2 Å². The van der Waals surface area contributed by atoms with Crippen molar-refractivity contribution in [3.8, 4) is 11.5 Å². The number of ether oxygens (including phenoxy) is 2. The van der Waals surface area contributed by atoms with Gasteiger partial charge in [0.1, 0.15) is 0 Å². The standard InChI is InChI=1S/C14H21NO2/c1-2-3-5-12(15)11-6-7-13-14(10-11)17-9-4-8-16-13/h6-7,10,12H,2-5,8-9,15H2,1H3. The highest BCUT2D eigenvalue weighted by molar-refractivity contribution is 5.44. The molecule has 0 aromatic heterocycles. The van der Waals surface area contributed by atoms with Crippen LogP contribution in [0.15, 0.2) is 18.2 Å². The second-order valence-corrected chi connectivity index (χ2v) is 4.51. The summed E-state index contributed by atoms with van der Waals surface area (Å²) in [6, 6.07) is 6.16. The Bertz CT molecular complexity index is 365.